The maximum Gasteiger partial charge on any atom is 0.237 e. The molecule has 0 aromatic heterocycles. The number of hydrogen-bond donors (Lipinski definition) is 2. The minimum atomic E-state index is -0.225. The molecule has 2 N–H and O–H groups in total. The normalized spacial score (nSPS) is 20.4. The van der Waals surface area contributed by atoms with Crippen molar-refractivity contribution in [3.8, 4) is 0 Å². The van der Waals surface area contributed by atoms with Crippen molar-refractivity contribution in [1.82, 2.24) is 20.4 Å². The fraction of sp³-hybridized carbons (Fsp3) is 0.429. The molecule has 0 radical (unpaired) electrons. The number of rotatable bonds is 9. The van der Waals surface area contributed by atoms with Crippen LogP contribution in [0.25, 0.3) is 0 Å². The number of amides is 2. The zero-order valence-corrected chi connectivity index (χ0v) is 25.0. The molecule has 7 heteroatoms. The summed E-state index contributed by atoms with van der Waals surface area (Å²) in [5.74, 6) is 0.843. The largest absolute Gasteiger partial charge is 0.350 e. The van der Waals surface area contributed by atoms with E-state index in [-0.39, 0.29) is 23.9 Å². The molecular weight excluding hydrogens is 544 g/mol. The quantitative estimate of drug-likeness (QED) is 0.368. The van der Waals surface area contributed by atoms with Gasteiger partial charge in [0.2, 0.25) is 11.8 Å². The highest BCUT2D eigenvalue weighted by molar-refractivity contribution is 6.30. The molecule has 2 atom stereocenters. The summed E-state index contributed by atoms with van der Waals surface area (Å²) in [5.41, 5.74) is 6.39. The first kappa shape index (κ1) is 28.9. The van der Waals surface area contributed by atoms with Crippen LogP contribution in [0.5, 0.6) is 0 Å². The Bertz CT molecular complexity index is 1390. The van der Waals surface area contributed by atoms with Gasteiger partial charge in [-0.2, -0.15) is 0 Å². The number of benzene rings is 3. The van der Waals surface area contributed by atoms with Gasteiger partial charge in [0.05, 0.1) is 6.04 Å². The fourth-order valence-corrected chi connectivity index (χ4v) is 7.03. The lowest BCUT2D eigenvalue weighted by Crippen LogP contribution is -2.54. The van der Waals surface area contributed by atoms with E-state index in [4.69, 9.17) is 11.6 Å². The second kappa shape index (κ2) is 13.4. The highest BCUT2D eigenvalue weighted by Gasteiger charge is 2.29. The van der Waals surface area contributed by atoms with Crippen molar-refractivity contribution in [2.75, 3.05) is 26.2 Å². The Morgan fingerprint density at radius 2 is 1.69 bits per heavy atom. The molecule has 6 nitrogen and oxygen atoms in total. The van der Waals surface area contributed by atoms with Crippen molar-refractivity contribution < 1.29 is 9.59 Å². The highest BCUT2D eigenvalue weighted by atomic mass is 35.5. The highest BCUT2D eigenvalue weighted by Crippen LogP contribution is 2.32. The van der Waals surface area contributed by atoms with Crippen LogP contribution in [0, 0.1) is 0 Å². The van der Waals surface area contributed by atoms with Crippen LogP contribution in [0.1, 0.15) is 59.4 Å². The molecule has 2 fully saturated rings. The Hall–Kier alpha value is -3.19. The SMILES string of the molecule is O=C(NC(Cc1ccc(Cl)cc1)CN1CCC(c2ccccc2CN2CCCC2=O)CC1)C1Cc2ccccc2CN1. The molecule has 3 aromatic rings. The lowest BCUT2D eigenvalue weighted by molar-refractivity contribution is -0.128. The van der Waals surface area contributed by atoms with Crippen LogP contribution in [0.2, 0.25) is 5.02 Å². The minimum absolute atomic E-state index is 0.00246. The predicted octanol–water partition coefficient (Wildman–Crippen LogP) is 5.08. The van der Waals surface area contributed by atoms with E-state index in [0.717, 1.165) is 70.0 Å². The molecule has 6 rings (SSSR count). The van der Waals surface area contributed by atoms with Crippen LogP contribution in [0.15, 0.2) is 72.8 Å². The van der Waals surface area contributed by atoms with Gasteiger partial charge in [-0.25, -0.2) is 0 Å². The lowest BCUT2D eigenvalue weighted by atomic mass is 9.86. The van der Waals surface area contributed by atoms with Gasteiger partial charge >= 0.3 is 0 Å². The van der Waals surface area contributed by atoms with Crippen molar-refractivity contribution in [2.24, 2.45) is 0 Å². The molecule has 0 bridgehead atoms. The zero-order chi connectivity index (χ0) is 28.9. The number of piperidine rings is 1. The molecule has 0 aliphatic carbocycles. The molecule has 3 aliphatic rings. The third-order valence-electron chi connectivity index (χ3n) is 9.23. The molecule has 220 valence electrons. The molecule has 2 saturated heterocycles. The number of nitrogens with one attached hydrogen (secondary N) is 2. The third-order valence-corrected chi connectivity index (χ3v) is 9.49. The average molecular weight is 585 g/mol. The molecule has 3 aliphatic heterocycles. The van der Waals surface area contributed by atoms with Crippen LogP contribution in [-0.4, -0.2) is 59.9 Å². The van der Waals surface area contributed by atoms with Gasteiger partial charge in [-0.15, -0.1) is 0 Å². The Morgan fingerprint density at radius 3 is 2.45 bits per heavy atom. The maximum absolute atomic E-state index is 13.5. The summed E-state index contributed by atoms with van der Waals surface area (Å²) >= 11 is 6.16. The topological polar surface area (TPSA) is 64.7 Å². The van der Waals surface area contributed by atoms with E-state index in [1.165, 1.54) is 27.8 Å². The third kappa shape index (κ3) is 7.05. The van der Waals surface area contributed by atoms with Crippen molar-refractivity contribution in [2.45, 2.75) is 69.6 Å². The van der Waals surface area contributed by atoms with E-state index in [9.17, 15) is 9.59 Å². The first-order valence-corrected chi connectivity index (χ1v) is 15.8. The van der Waals surface area contributed by atoms with Crippen LogP contribution in [-0.2, 0) is 35.5 Å². The maximum atomic E-state index is 13.5. The molecule has 42 heavy (non-hydrogen) atoms. The predicted molar refractivity (Wildman–Crippen MR) is 167 cm³/mol. The van der Waals surface area contributed by atoms with E-state index >= 15 is 0 Å². The second-order valence-corrected chi connectivity index (χ2v) is 12.6. The van der Waals surface area contributed by atoms with Gasteiger partial charge < -0.3 is 20.4 Å². The van der Waals surface area contributed by atoms with Gasteiger partial charge in [0, 0.05) is 43.7 Å². The van der Waals surface area contributed by atoms with Crippen LogP contribution >= 0.6 is 11.6 Å². The van der Waals surface area contributed by atoms with Gasteiger partial charge in [-0.05, 0) is 91.1 Å². The summed E-state index contributed by atoms with van der Waals surface area (Å²) in [7, 11) is 0. The summed E-state index contributed by atoms with van der Waals surface area (Å²) in [5, 5.41) is 7.58. The van der Waals surface area contributed by atoms with Crippen LogP contribution in [0.4, 0.5) is 0 Å². The number of halogens is 1. The monoisotopic (exact) mass is 584 g/mol. The van der Waals surface area contributed by atoms with E-state index in [2.05, 4.69) is 76.2 Å². The first-order valence-electron chi connectivity index (χ1n) is 15.4. The molecular formula is C35H41ClN4O2. The molecule has 3 aromatic carbocycles. The van der Waals surface area contributed by atoms with Crippen molar-refractivity contribution in [3.05, 3.63) is 106 Å². The average Bonchev–Trinajstić information content (AvgIpc) is 3.42. The van der Waals surface area contributed by atoms with Gasteiger partial charge in [-0.1, -0.05) is 72.3 Å². The van der Waals surface area contributed by atoms with Gasteiger partial charge in [0.1, 0.15) is 0 Å². The Labute approximate surface area is 254 Å². The molecule has 0 saturated carbocycles. The standard InChI is InChI=1S/C35H41ClN4O2/c36-30-13-11-25(12-14-30)20-31(38-35(42)33-21-27-6-1-2-7-28(27)22-37-33)24-39-18-15-26(16-19-39)32-9-4-3-8-29(32)23-40-17-5-10-34(40)41/h1-4,6-9,11-14,26,31,33,37H,5,10,15-24H2,(H,38,42). The number of hydrogen-bond acceptors (Lipinski definition) is 4. The van der Waals surface area contributed by atoms with Crippen LogP contribution < -0.4 is 10.6 Å². The van der Waals surface area contributed by atoms with E-state index < -0.39 is 0 Å². The Balaban J connectivity index is 1.09. The summed E-state index contributed by atoms with van der Waals surface area (Å²) in [4.78, 5) is 30.3. The number of likely N-dealkylation sites (tertiary alicyclic amines) is 2. The number of carbonyl (C=O) groups excluding carboxylic acids is 2. The smallest absolute Gasteiger partial charge is 0.237 e. The van der Waals surface area contributed by atoms with Gasteiger partial charge in [-0.3, -0.25) is 9.59 Å². The zero-order valence-electron chi connectivity index (χ0n) is 24.2. The Morgan fingerprint density at radius 1 is 0.952 bits per heavy atom. The van der Waals surface area contributed by atoms with E-state index in [1.807, 2.05) is 17.0 Å². The van der Waals surface area contributed by atoms with Crippen molar-refractivity contribution >= 4 is 23.4 Å². The van der Waals surface area contributed by atoms with Gasteiger partial charge in [0.25, 0.3) is 0 Å². The summed E-state index contributed by atoms with van der Waals surface area (Å²) in [6.07, 6.45) is 5.28. The van der Waals surface area contributed by atoms with Crippen molar-refractivity contribution in [3.63, 3.8) is 0 Å². The number of fused-ring (bicyclic) bond motifs is 1. The van der Waals surface area contributed by atoms with Crippen LogP contribution in [0.3, 0.4) is 0 Å². The fourth-order valence-electron chi connectivity index (χ4n) is 6.90. The Kier molecular flexibility index (Phi) is 9.23. The van der Waals surface area contributed by atoms with Gasteiger partial charge in [0.15, 0.2) is 0 Å². The van der Waals surface area contributed by atoms with E-state index in [1.54, 1.807) is 0 Å². The minimum Gasteiger partial charge on any atom is -0.350 e. The molecule has 3 heterocycles. The summed E-state index contributed by atoms with van der Waals surface area (Å²) < 4.78 is 0. The lowest BCUT2D eigenvalue weighted by Gasteiger charge is -2.36. The molecule has 2 unspecified atom stereocenters. The van der Waals surface area contributed by atoms with E-state index in [0.29, 0.717) is 18.8 Å². The molecule has 0 spiro atoms. The number of carbonyl (C=O) groups is 2. The second-order valence-electron chi connectivity index (χ2n) is 12.1. The summed E-state index contributed by atoms with van der Waals surface area (Å²) in [6.45, 7) is 5.11. The molecule has 2 amide bonds. The van der Waals surface area contributed by atoms with Crippen molar-refractivity contribution in [1.29, 1.82) is 0 Å². The summed E-state index contributed by atoms with van der Waals surface area (Å²) in [6, 6.07) is 24.8. The number of nitrogens with zero attached hydrogens (tertiary/aromatic N) is 2. The first-order chi connectivity index (χ1) is 20.5.